The van der Waals surface area contributed by atoms with Crippen molar-refractivity contribution in [1.29, 1.82) is 0 Å². The highest BCUT2D eigenvalue weighted by molar-refractivity contribution is 6.30. The summed E-state index contributed by atoms with van der Waals surface area (Å²) in [6.45, 7) is 2.58. The summed E-state index contributed by atoms with van der Waals surface area (Å²) in [6, 6.07) is 3.67. The molecule has 98 valence electrons. The first-order valence-electron chi connectivity index (χ1n) is 5.09. The molecule has 5 nitrogen and oxygen atoms in total. The summed E-state index contributed by atoms with van der Waals surface area (Å²) in [7, 11) is 0. The highest BCUT2D eigenvalue weighted by atomic mass is 35.5. The van der Waals surface area contributed by atoms with E-state index in [1.807, 2.05) is 12.1 Å². The van der Waals surface area contributed by atoms with Crippen LogP contribution in [0.3, 0.4) is 0 Å². The topological polar surface area (TPSA) is 55.6 Å². The van der Waals surface area contributed by atoms with E-state index in [-0.39, 0.29) is 24.8 Å². The summed E-state index contributed by atoms with van der Waals surface area (Å²) in [5.41, 5.74) is 0.810. The standard InChI is InChI=1S/C10H10ClN5.2ClH/c11-7-1-2-8(13-5-7)10-15-14-9-6-12-3-4-16(9)10;;/h1-2,5,12H,3-4,6H2;2*1H. The zero-order valence-electron chi connectivity index (χ0n) is 9.34. The third kappa shape index (κ3) is 2.75. The van der Waals surface area contributed by atoms with Crippen molar-refractivity contribution in [2.45, 2.75) is 13.1 Å². The lowest BCUT2D eigenvalue weighted by Crippen LogP contribution is -2.28. The molecule has 18 heavy (non-hydrogen) atoms. The molecule has 0 spiro atoms. The van der Waals surface area contributed by atoms with Gasteiger partial charge in [-0.05, 0) is 12.1 Å². The normalized spacial score (nSPS) is 13.2. The number of halogens is 3. The molecule has 0 aliphatic carbocycles. The first-order valence-corrected chi connectivity index (χ1v) is 5.47. The fourth-order valence-corrected chi connectivity index (χ4v) is 1.90. The van der Waals surface area contributed by atoms with Gasteiger partial charge >= 0.3 is 0 Å². The van der Waals surface area contributed by atoms with Gasteiger partial charge in [0, 0.05) is 19.3 Å². The fraction of sp³-hybridized carbons (Fsp3) is 0.300. The van der Waals surface area contributed by atoms with E-state index in [1.165, 1.54) is 0 Å². The monoisotopic (exact) mass is 307 g/mol. The van der Waals surface area contributed by atoms with Crippen molar-refractivity contribution in [2.75, 3.05) is 6.54 Å². The van der Waals surface area contributed by atoms with Crippen LogP contribution in [-0.4, -0.2) is 26.3 Å². The zero-order chi connectivity index (χ0) is 11.0. The van der Waals surface area contributed by atoms with Crippen molar-refractivity contribution in [3.63, 3.8) is 0 Å². The van der Waals surface area contributed by atoms with Gasteiger partial charge < -0.3 is 9.88 Å². The Hall–Kier alpha value is -0.880. The van der Waals surface area contributed by atoms with Gasteiger partial charge in [-0.15, -0.1) is 35.0 Å². The molecule has 1 N–H and O–H groups in total. The molecule has 8 heteroatoms. The molecule has 3 rings (SSSR count). The molecule has 3 heterocycles. The van der Waals surface area contributed by atoms with Gasteiger partial charge in [0.1, 0.15) is 11.5 Å². The summed E-state index contributed by atoms with van der Waals surface area (Å²) in [5.74, 6) is 1.77. The first-order chi connectivity index (χ1) is 7.84. The highest BCUT2D eigenvalue weighted by Crippen LogP contribution is 2.18. The minimum Gasteiger partial charge on any atom is -0.308 e. The summed E-state index contributed by atoms with van der Waals surface area (Å²) in [4.78, 5) is 4.25. The Morgan fingerprint density at radius 3 is 2.78 bits per heavy atom. The Morgan fingerprint density at radius 1 is 1.22 bits per heavy atom. The summed E-state index contributed by atoms with van der Waals surface area (Å²) in [5, 5.41) is 12.2. The molecule has 0 amide bonds. The minimum absolute atomic E-state index is 0. The van der Waals surface area contributed by atoms with Crippen molar-refractivity contribution < 1.29 is 0 Å². The van der Waals surface area contributed by atoms with Crippen LogP contribution >= 0.6 is 36.4 Å². The second-order valence-corrected chi connectivity index (χ2v) is 4.07. The van der Waals surface area contributed by atoms with E-state index >= 15 is 0 Å². The molecular weight excluding hydrogens is 297 g/mol. The summed E-state index contributed by atoms with van der Waals surface area (Å²) >= 11 is 5.80. The van der Waals surface area contributed by atoms with Gasteiger partial charge in [0.05, 0.1) is 11.6 Å². The van der Waals surface area contributed by atoms with Crippen LogP contribution in [0.1, 0.15) is 5.82 Å². The average molecular weight is 309 g/mol. The zero-order valence-corrected chi connectivity index (χ0v) is 11.7. The molecule has 0 unspecified atom stereocenters. The average Bonchev–Trinajstić information content (AvgIpc) is 2.74. The number of pyridine rings is 1. The predicted octanol–water partition coefficient (Wildman–Crippen LogP) is 1.94. The molecule has 0 fully saturated rings. The smallest absolute Gasteiger partial charge is 0.182 e. The third-order valence-electron chi connectivity index (χ3n) is 2.58. The van der Waals surface area contributed by atoms with Crippen LogP contribution in [0.2, 0.25) is 5.02 Å². The van der Waals surface area contributed by atoms with E-state index in [4.69, 9.17) is 11.6 Å². The second-order valence-electron chi connectivity index (χ2n) is 3.63. The number of nitrogens with one attached hydrogen (secondary N) is 1. The van der Waals surface area contributed by atoms with Gasteiger partial charge in [-0.25, -0.2) is 0 Å². The van der Waals surface area contributed by atoms with Crippen molar-refractivity contribution in [3.8, 4) is 11.5 Å². The van der Waals surface area contributed by atoms with Crippen LogP contribution in [0.25, 0.3) is 11.5 Å². The maximum Gasteiger partial charge on any atom is 0.182 e. The molecule has 0 saturated carbocycles. The van der Waals surface area contributed by atoms with E-state index < -0.39 is 0 Å². The maximum absolute atomic E-state index is 5.80. The van der Waals surface area contributed by atoms with E-state index in [1.54, 1.807) is 6.20 Å². The van der Waals surface area contributed by atoms with E-state index in [9.17, 15) is 0 Å². The van der Waals surface area contributed by atoms with Gasteiger partial charge in [0.15, 0.2) is 5.82 Å². The Morgan fingerprint density at radius 2 is 2.06 bits per heavy atom. The van der Waals surface area contributed by atoms with Crippen molar-refractivity contribution >= 4 is 36.4 Å². The summed E-state index contributed by atoms with van der Waals surface area (Å²) in [6.07, 6.45) is 1.62. The molecule has 0 aromatic carbocycles. The number of rotatable bonds is 1. The van der Waals surface area contributed by atoms with Crippen LogP contribution in [0.4, 0.5) is 0 Å². The molecule has 1 aliphatic rings. The molecule has 0 bridgehead atoms. The van der Waals surface area contributed by atoms with Crippen LogP contribution in [0, 0.1) is 0 Å². The molecule has 1 aliphatic heterocycles. The number of nitrogens with zero attached hydrogens (tertiary/aromatic N) is 4. The van der Waals surface area contributed by atoms with Crippen LogP contribution in [-0.2, 0) is 13.1 Å². The number of hydrogen-bond donors (Lipinski definition) is 1. The van der Waals surface area contributed by atoms with Crippen LogP contribution < -0.4 is 5.32 Å². The molecule has 2 aromatic rings. The van der Waals surface area contributed by atoms with Crippen molar-refractivity contribution in [2.24, 2.45) is 0 Å². The number of aromatic nitrogens is 4. The van der Waals surface area contributed by atoms with Gasteiger partial charge in [0.2, 0.25) is 0 Å². The van der Waals surface area contributed by atoms with Crippen molar-refractivity contribution in [1.82, 2.24) is 25.1 Å². The Kier molecular flexibility index (Phi) is 5.34. The van der Waals surface area contributed by atoms with E-state index in [2.05, 4.69) is 25.1 Å². The highest BCUT2D eigenvalue weighted by Gasteiger charge is 2.16. The van der Waals surface area contributed by atoms with Gasteiger partial charge in [-0.3, -0.25) is 4.98 Å². The first kappa shape index (κ1) is 15.2. The lowest BCUT2D eigenvalue weighted by atomic mass is 10.3. The Bertz CT molecular complexity index is 511. The number of hydrogen-bond acceptors (Lipinski definition) is 4. The minimum atomic E-state index is 0. The van der Waals surface area contributed by atoms with Crippen LogP contribution in [0.5, 0.6) is 0 Å². The predicted molar refractivity (Wildman–Crippen MR) is 74.5 cm³/mol. The van der Waals surface area contributed by atoms with E-state index in [0.29, 0.717) is 5.02 Å². The Labute approximate surface area is 122 Å². The SMILES string of the molecule is Cl.Cl.Clc1ccc(-c2nnc3n2CCNC3)nc1. The fourth-order valence-electron chi connectivity index (χ4n) is 1.79. The van der Waals surface area contributed by atoms with E-state index in [0.717, 1.165) is 37.0 Å². The quantitative estimate of drug-likeness (QED) is 0.875. The summed E-state index contributed by atoms with van der Waals surface area (Å²) < 4.78 is 2.09. The molecule has 0 atom stereocenters. The van der Waals surface area contributed by atoms with Gasteiger partial charge in [-0.1, -0.05) is 11.6 Å². The molecular formula is C10H12Cl3N5. The second kappa shape index (κ2) is 6.33. The number of fused-ring (bicyclic) bond motifs is 1. The molecule has 0 saturated heterocycles. The lowest BCUT2D eigenvalue weighted by Gasteiger charge is -2.15. The van der Waals surface area contributed by atoms with Crippen molar-refractivity contribution in [3.05, 3.63) is 29.2 Å². The van der Waals surface area contributed by atoms with Gasteiger partial charge in [0.25, 0.3) is 0 Å². The maximum atomic E-state index is 5.80. The van der Waals surface area contributed by atoms with Gasteiger partial charge in [-0.2, -0.15) is 0 Å². The lowest BCUT2D eigenvalue weighted by molar-refractivity contribution is 0.508. The van der Waals surface area contributed by atoms with Crippen LogP contribution in [0.15, 0.2) is 18.3 Å². The Balaban J connectivity index is 0.000000810. The third-order valence-corrected chi connectivity index (χ3v) is 2.80. The molecule has 2 aromatic heterocycles. The largest absolute Gasteiger partial charge is 0.308 e. The molecule has 0 radical (unpaired) electrons.